The molecule has 0 spiro atoms. The third-order valence-corrected chi connectivity index (χ3v) is 3.87. The van der Waals surface area contributed by atoms with Gasteiger partial charge in [0.25, 0.3) is 0 Å². The molecule has 2 N–H and O–H groups in total. The van der Waals surface area contributed by atoms with Gasteiger partial charge in [-0.2, -0.15) is 13.2 Å². The van der Waals surface area contributed by atoms with E-state index in [1.54, 1.807) is 6.92 Å². The van der Waals surface area contributed by atoms with E-state index in [-0.39, 0.29) is 11.6 Å². The van der Waals surface area contributed by atoms with Gasteiger partial charge >= 0.3 is 12.2 Å². The summed E-state index contributed by atoms with van der Waals surface area (Å²) in [5.41, 5.74) is -0.690. The lowest BCUT2D eigenvalue weighted by Gasteiger charge is -2.34. The summed E-state index contributed by atoms with van der Waals surface area (Å²) in [5.74, 6) is 0.000935. The van der Waals surface area contributed by atoms with Gasteiger partial charge in [-0.15, -0.1) is 0 Å². The molecule has 1 aromatic carbocycles. The van der Waals surface area contributed by atoms with Crippen molar-refractivity contribution in [2.24, 2.45) is 5.92 Å². The standard InChI is InChI=1S/C15H19F3N2O2/c1-10(21)11-4-3-7-20(9-11)14(22)19-13-6-2-5-12(8-13)15(16,17)18/h2,5-6,8,10-11,21H,3-4,7,9H2,1H3,(H,19,22). The Kier molecular flexibility index (Phi) is 4.95. The second kappa shape index (κ2) is 6.56. The zero-order chi connectivity index (χ0) is 16.3. The fraction of sp³-hybridized carbons (Fsp3) is 0.533. The Morgan fingerprint density at radius 3 is 2.82 bits per heavy atom. The lowest BCUT2D eigenvalue weighted by atomic mass is 9.94. The number of benzene rings is 1. The Morgan fingerprint density at radius 1 is 1.45 bits per heavy atom. The fourth-order valence-electron chi connectivity index (χ4n) is 2.56. The van der Waals surface area contributed by atoms with Crippen molar-refractivity contribution in [2.45, 2.75) is 32.0 Å². The molecule has 122 valence electrons. The summed E-state index contributed by atoms with van der Waals surface area (Å²) >= 11 is 0. The highest BCUT2D eigenvalue weighted by Gasteiger charge is 2.31. The summed E-state index contributed by atoms with van der Waals surface area (Å²) in [6.45, 7) is 2.62. The van der Waals surface area contributed by atoms with Gasteiger partial charge in [0.2, 0.25) is 0 Å². The van der Waals surface area contributed by atoms with Crippen LogP contribution in [0.25, 0.3) is 0 Å². The number of likely N-dealkylation sites (tertiary alicyclic amines) is 1. The Hall–Kier alpha value is -1.76. The minimum atomic E-state index is -4.44. The number of halogens is 3. The summed E-state index contributed by atoms with van der Waals surface area (Å²) in [7, 11) is 0. The first kappa shape index (κ1) is 16.6. The molecular weight excluding hydrogens is 297 g/mol. The molecule has 2 atom stereocenters. The number of hydrogen-bond donors (Lipinski definition) is 2. The van der Waals surface area contributed by atoms with E-state index in [9.17, 15) is 23.1 Å². The van der Waals surface area contributed by atoms with Gasteiger partial charge in [-0.1, -0.05) is 6.07 Å². The lowest BCUT2D eigenvalue weighted by Crippen LogP contribution is -2.44. The van der Waals surface area contributed by atoms with Gasteiger partial charge in [0.1, 0.15) is 0 Å². The second-order valence-electron chi connectivity index (χ2n) is 5.60. The Labute approximate surface area is 126 Å². The predicted octanol–water partition coefficient (Wildman–Crippen LogP) is 3.33. The number of aliphatic hydroxyl groups is 1. The second-order valence-corrected chi connectivity index (χ2v) is 5.60. The van der Waals surface area contributed by atoms with Crippen LogP contribution in [0.1, 0.15) is 25.3 Å². The molecule has 4 nitrogen and oxygen atoms in total. The molecule has 1 heterocycles. The van der Waals surface area contributed by atoms with Gasteiger partial charge in [-0.05, 0) is 38.0 Å². The van der Waals surface area contributed by atoms with Gasteiger partial charge in [0.05, 0.1) is 11.7 Å². The molecule has 7 heteroatoms. The minimum absolute atomic E-state index is 0.000935. The third-order valence-electron chi connectivity index (χ3n) is 3.87. The van der Waals surface area contributed by atoms with E-state index in [1.807, 2.05) is 0 Å². The summed E-state index contributed by atoms with van der Waals surface area (Å²) in [6.07, 6.45) is -3.34. The number of piperidine rings is 1. The van der Waals surface area contributed by atoms with Gasteiger partial charge in [0, 0.05) is 24.7 Å². The largest absolute Gasteiger partial charge is 0.416 e. The molecule has 1 fully saturated rings. The number of nitrogens with one attached hydrogen (secondary N) is 1. The zero-order valence-electron chi connectivity index (χ0n) is 12.2. The number of carbonyl (C=O) groups excluding carboxylic acids is 1. The SMILES string of the molecule is CC(O)C1CCCN(C(=O)Nc2cccc(C(F)(F)F)c2)C1. The number of carbonyl (C=O) groups is 1. The monoisotopic (exact) mass is 316 g/mol. The molecule has 2 rings (SSSR count). The van der Waals surface area contributed by atoms with E-state index in [2.05, 4.69) is 5.32 Å². The van der Waals surface area contributed by atoms with Crippen molar-refractivity contribution in [1.82, 2.24) is 4.90 Å². The first-order chi connectivity index (χ1) is 10.3. The van der Waals surface area contributed by atoms with Crippen molar-refractivity contribution < 1.29 is 23.1 Å². The van der Waals surface area contributed by atoms with E-state index in [4.69, 9.17) is 0 Å². The number of anilines is 1. The van der Waals surface area contributed by atoms with Crippen molar-refractivity contribution in [3.8, 4) is 0 Å². The Balaban J connectivity index is 2.03. The predicted molar refractivity (Wildman–Crippen MR) is 76.4 cm³/mol. The van der Waals surface area contributed by atoms with E-state index < -0.39 is 23.9 Å². The number of amides is 2. The number of aliphatic hydroxyl groups excluding tert-OH is 1. The Morgan fingerprint density at radius 2 is 2.18 bits per heavy atom. The molecule has 0 radical (unpaired) electrons. The molecule has 1 saturated heterocycles. The zero-order valence-corrected chi connectivity index (χ0v) is 12.2. The van der Waals surface area contributed by atoms with Crippen LogP contribution in [0.2, 0.25) is 0 Å². The van der Waals surface area contributed by atoms with Crippen molar-refractivity contribution in [1.29, 1.82) is 0 Å². The van der Waals surface area contributed by atoms with Crippen molar-refractivity contribution >= 4 is 11.7 Å². The molecule has 22 heavy (non-hydrogen) atoms. The van der Waals surface area contributed by atoms with Gasteiger partial charge in [-0.25, -0.2) is 4.79 Å². The molecule has 1 aliphatic rings. The molecule has 0 saturated carbocycles. The molecule has 1 aromatic rings. The van der Waals surface area contributed by atoms with E-state index >= 15 is 0 Å². The van der Waals surface area contributed by atoms with Crippen LogP contribution < -0.4 is 5.32 Å². The normalized spacial score (nSPS) is 20.6. The van der Waals surface area contributed by atoms with Gasteiger partial charge in [0.15, 0.2) is 0 Å². The van der Waals surface area contributed by atoms with Crippen LogP contribution in [0, 0.1) is 5.92 Å². The summed E-state index contributed by atoms with van der Waals surface area (Å²) in [4.78, 5) is 13.7. The highest BCUT2D eigenvalue weighted by atomic mass is 19.4. The number of urea groups is 1. The quantitative estimate of drug-likeness (QED) is 0.879. The van der Waals surface area contributed by atoms with Crippen LogP contribution in [0.4, 0.5) is 23.7 Å². The average molecular weight is 316 g/mol. The van der Waals surface area contributed by atoms with Gasteiger partial charge in [-0.3, -0.25) is 0 Å². The van der Waals surface area contributed by atoms with Crippen LogP contribution in [0.3, 0.4) is 0 Å². The smallest absolute Gasteiger partial charge is 0.393 e. The summed E-state index contributed by atoms with van der Waals surface area (Å²) in [6, 6.07) is 4.11. The lowest BCUT2D eigenvalue weighted by molar-refractivity contribution is -0.137. The van der Waals surface area contributed by atoms with Crippen LogP contribution in [0.15, 0.2) is 24.3 Å². The highest BCUT2D eigenvalue weighted by Crippen LogP contribution is 2.30. The van der Waals surface area contributed by atoms with Crippen molar-refractivity contribution in [3.63, 3.8) is 0 Å². The maximum absolute atomic E-state index is 12.6. The molecule has 0 aliphatic carbocycles. The molecular formula is C15H19F3N2O2. The van der Waals surface area contributed by atoms with E-state index in [0.717, 1.165) is 25.0 Å². The molecule has 0 bridgehead atoms. The minimum Gasteiger partial charge on any atom is -0.393 e. The van der Waals surface area contributed by atoms with Crippen LogP contribution in [-0.2, 0) is 6.18 Å². The first-order valence-electron chi connectivity index (χ1n) is 7.18. The molecule has 1 aliphatic heterocycles. The molecule has 0 aromatic heterocycles. The number of nitrogens with zero attached hydrogens (tertiary/aromatic N) is 1. The highest BCUT2D eigenvalue weighted by molar-refractivity contribution is 5.89. The van der Waals surface area contributed by atoms with Crippen LogP contribution >= 0.6 is 0 Å². The molecule has 2 unspecified atom stereocenters. The topological polar surface area (TPSA) is 52.6 Å². The maximum Gasteiger partial charge on any atom is 0.416 e. The van der Waals surface area contributed by atoms with Crippen molar-refractivity contribution in [2.75, 3.05) is 18.4 Å². The number of alkyl halides is 3. The first-order valence-corrected chi connectivity index (χ1v) is 7.18. The molecule has 2 amide bonds. The van der Waals surface area contributed by atoms with Crippen LogP contribution in [0.5, 0.6) is 0 Å². The number of rotatable bonds is 2. The maximum atomic E-state index is 12.6. The van der Waals surface area contributed by atoms with E-state index in [1.165, 1.54) is 17.0 Å². The van der Waals surface area contributed by atoms with Gasteiger partial charge < -0.3 is 15.3 Å². The number of hydrogen-bond acceptors (Lipinski definition) is 2. The fourth-order valence-corrected chi connectivity index (χ4v) is 2.56. The Bertz CT molecular complexity index is 532. The van der Waals surface area contributed by atoms with Crippen LogP contribution in [-0.4, -0.2) is 35.2 Å². The van der Waals surface area contributed by atoms with Crippen molar-refractivity contribution in [3.05, 3.63) is 29.8 Å². The summed E-state index contributed by atoms with van der Waals surface area (Å²) in [5, 5.41) is 12.1. The third kappa shape index (κ3) is 4.13. The summed E-state index contributed by atoms with van der Waals surface area (Å²) < 4.78 is 37.9. The van der Waals surface area contributed by atoms with E-state index in [0.29, 0.717) is 13.1 Å². The average Bonchev–Trinajstić information content (AvgIpc) is 2.46.